The van der Waals surface area contributed by atoms with Crippen LogP contribution in [-0.4, -0.2) is 39.1 Å². The number of carbonyl (C=O) groups is 1. The Hall–Kier alpha value is -3.59. The number of amides is 1. The van der Waals surface area contributed by atoms with E-state index < -0.39 is 0 Å². The number of methoxy groups -OCH3 is 1. The van der Waals surface area contributed by atoms with Gasteiger partial charge < -0.3 is 24.8 Å². The zero-order valence-corrected chi connectivity index (χ0v) is 22.8. The monoisotopic (exact) mass is 565 g/mol. The molecule has 0 aliphatic carbocycles. The van der Waals surface area contributed by atoms with Crippen LogP contribution in [0.15, 0.2) is 85.2 Å². The van der Waals surface area contributed by atoms with Crippen LogP contribution in [0, 0.1) is 0 Å². The summed E-state index contributed by atoms with van der Waals surface area (Å²) in [6, 6.07) is 22.0. The molecular weight excluding hydrogens is 541 g/mol. The van der Waals surface area contributed by atoms with Gasteiger partial charge in [-0.25, -0.2) is 0 Å². The lowest BCUT2D eigenvalue weighted by molar-refractivity contribution is -0.116. The number of carbonyl (C=O) groups excluding carboxylic acids is 1. The van der Waals surface area contributed by atoms with Crippen molar-refractivity contribution in [2.24, 2.45) is 0 Å². The molecule has 1 amide bonds. The molecule has 2 aromatic heterocycles. The van der Waals surface area contributed by atoms with Crippen LogP contribution < -0.4 is 15.4 Å². The number of benzene rings is 2. The average Bonchev–Trinajstić information content (AvgIpc) is 3.52. The van der Waals surface area contributed by atoms with Crippen molar-refractivity contribution in [1.82, 2.24) is 19.8 Å². The summed E-state index contributed by atoms with van der Waals surface area (Å²) in [5.74, 6) is 0.457. The normalized spacial score (nSPS) is 16.8. The summed E-state index contributed by atoms with van der Waals surface area (Å²) in [5, 5.41) is 8.01. The molecule has 38 heavy (non-hydrogen) atoms. The second kappa shape index (κ2) is 11.4. The molecule has 2 aromatic carbocycles. The van der Waals surface area contributed by atoms with Crippen molar-refractivity contribution in [3.05, 3.63) is 107 Å². The first-order chi connectivity index (χ1) is 18.5. The van der Waals surface area contributed by atoms with Gasteiger partial charge in [0.1, 0.15) is 5.75 Å². The fraction of sp³-hybridized carbons (Fsp3) is 0.179. The topological polar surface area (TPSA) is 71.4 Å². The van der Waals surface area contributed by atoms with Crippen LogP contribution in [0.25, 0.3) is 5.69 Å². The molecule has 2 atom stereocenters. The van der Waals surface area contributed by atoms with E-state index in [0.29, 0.717) is 33.1 Å². The fourth-order valence-corrected chi connectivity index (χ4v) is 5.51. The molecule has 5 rings (SSSR count). The lowest BCUT2D eigenvalue weighted by atomic mass is 10.0. The van der Waals surface area contributed by atoms with Crippen LogP contribution in [0.5, 0.6) is 5.75 Å². The molecule has 0 radical (unpaired) electrons. The lowest BCUT2D eigenvalue weighted by Crippen LogP contribution is -2.33. The number of pyridine rings is 1. The van der Waals surface area contributed by atoms with Gasteiger partial charge in [-0.05, 0) is 66.8 Å². The van der Waals surface area contributed by atoms with E-state index in [1.807, 2.05) is 64.2 Å². The maximum absolute atomic E-state index is 12.9. The van der Waals surface area contributed by atoms with E-state index in [4.69, 9.17) is 40.2 Å². The zero-order valence-electron chi connectivity index (χ0n) is 20.5. The third-order valence-electron chi connectivity index (χ3n) is 6.41. The summed E-state index contributed by atoms with van der Waals surface area (Å²) < 4.78 is 7.38. The Morgan fingerprint density at radius 3 is 2.68 bits per heavy atom. The number of thiocarbonyl (C=S) groups is 1. The summed E-state index contributed by atoms with van der Waals surface area (Å²) in [6.45, 7) is 0.389. The average molecular weight is 567 g/mol. The smallest absolute Gasteiger partial charge is 0.226 e. The van der Waals surface area contributed by atoms with Gasteiger partial charge in [-0.1, -0.05) is 41.4 Å². The third-order valence-corrected chi connectivity index (χ3v) is 7.30. The third kappa shape index (κ3) is 5.34. The molecule has 0 unspecified atom stereocenters. The van der Waals surface area contributed by atoms with Crippen LogP contribution in [-0.2, 0) is 4.79 Å². The summed E-state index contributed by atoms with van der Waals surface area (Å²) in [6.07, 6.45) is 3.93. The molecule has 10 heteroatoms. The predicted molar refractivity (Wildman–Crippen MR) is 154 cm³/mol. The van der Waals surface area contributed by atoms with Crippen molar-refractivity contribution >= 4 is 52.1 Å². The second-order valence-electron chi connectivity index (χ2n) is 8.72. The Balaban J connectivity index is 1.45. The highest BCUT2D eigenvalue weighted by Gasteiger charge is 2.41. The Kier molecular flexibility index (Phi) is 7.83. The Bertz CT molecular complexity index is 1460. The van der Waals surface area contributed by atoms with Crippen molar-refractivity contribution in [3.8, 4) is 11.4 Å². The number of ether oxygens (including phenoxy) is 1. The SMILES string of the molecule is COc1ccccc1NC(=O)CCN1C(=S)N[C@@H](c2ccccn2)[C@H]1c1cccn1-c1ccc(Cl)cc1Cl. The van der Waals surface area contributed by atoms with Crippen LogP contribution >= 0.6 is 35.4 Å². The van der Waals surface area contributed by atoms with Gasteiger partial charge in [0.2, 0.25) is 5.91 Å². The number of hydrogen-bond acceptors (Lipinski definition) is 4. The van der Waals surface area contributed by atoms with Gasteiger partial charge in [0.05, 0.1) is 41.3 Å². The number of anilines is 1. The zero-order chi connectivity index (χ0) is 26.6. The van der Waals surface area contributed by atoms with Gasteiger partial charge >= 0.3 is 0 Å². The summed E-state index contributed by atoms with van der Waals surface area (Å²) >= 11 is 18.5. The van der Waals surface area contributed by atoms with E-state index in [2.05, 4.69) is 15.6 Å². The second-order valence-corrected chi connectivity index (χ2v) is 9.95. The van der Waals surface area contributed by atoms with Crippen LogP contribution in [0.3, 0.4) is 0 Å². The molecule has 7 nitrogen and oxygen atoms in total. The van der Waals surface area contributed by atoms with Gasteiger partial charge in [0, 0.05) is 36.1 Å². The Labute approximate surface area is 236 Å². The van der Waals surface area contributed by atoms with Gasteiger partial charge in [0.15, 0.2) is 5.11 Å². The molecule has 1 saturated heterocycles. The summed E-state index contributed by atoms with van der Waals surface area (Å²) in [4.78, 5) is 19.6. The molecule has 0 spiro atoms. The quantitative estimate of drug-likeness (QED) is 0.248. The van der Waals surface area contributed by atoms with E-state index in [1.54, 1.807) is 37.6 Å². The first kappa shape index (κ1) is 26.0. The van der Waals surface area contributed by atoms with E-state index in [1.165, 1.54) is 0 Å². The molecular formula is C28H25Cl2N5O2S. The van der Waals surface area contributed by atoms with Crippen LogP contribution in [0.4, 0.5) is 5.69 Å². The van der Waals surface area contributed by atoms with Crippen molar-refractivity contribution < 1.29 is 9.53 Å². The number of aromatic nitrogens is 2. The van der Waals surface area contributed by atoms with Crippen molar-refractivity contribution in [1.29, 1.82) is 0 Å². The highest BCUT2D eigenvalue weighted by atomic mass is 35.5. The lowest BCUT2D eigenvalue weighted by Gasteiger charge is -2.29. The molecule has 1 fully saturated rings. The fourth-order valence-electron chi connectivity index (χ4n) is 4.68. The van der Waals surface area contributed by atoms with E-state index >= 15 is 0 Å². The first-order valence-electron chi connectivity index (χ1n) is 12.0. The van der Waals surface area contributed by atoms with Gasteiger partial charge in [-0.15, -0.1) is 0 Å². The van der Waals surface area contributed by atoms with Gasteiger partial charge in [-0.3, -0.25) is 9.78 Å². The summed E-state index contributed by atoms with van der Waals surface area (Å²) in [5.41, 5.74) is 3.21. The molecule has 0 saturated carbocycles. The maximum atomic E-state index is 12.9. The number of rotatable bonds is 8. The molecule has 1 aliphatic rings. The van der Waals surface area contributed by atoms with Crippen molar-refractivity contribution in [2.45, 2.75) is 18.5 Å². The molecule has 1 aliphatic heterocycles. The number of hydrogen-bond donors (Lipinski definition) is 2. The molecule has 2 N–H and O–H groups in total. The molecule has 0 bridgehead atoms. The minimum atomic E-state index is -0.252. The van der Waals surface area contributed by atoms with E-state index in [0.717, 1.165) is 17.1 Å². The van der Waals surface area contributed by atoms with Crippen molar-refractivity contribution in [3.63, 3.8) is 0 Å². The largest absolute Gasteiger partial charge is 0.495 e. The minimum absolute atomic E-state index is 0.145. The van der Waals surface area contributed by atoms with Crippen LogP contribution in [0.2, 0.25) is 10.0 Å². The molecule has 194 valence electrons. The Morgan fingerprint density at radius 2 is 1.92 bits per heavy atom. The number of halogens is 2. The van der Waals surface area contributed by atoms with Crippen LogP contribution in [0.1, 0.15) is 29.9 Å². The van der Waals surface area contributed by atoms with E-state index in [-0.39, 0.29) is 24.4 Å². The Morgan fingerprint density at radius 1 is 1.11 bits per heavy atom. The van der Waals surface area contributed by atoms with Gasteiger partial charge in [0.25, 0.3) is 0 Å². The number of nitrogens with one attached hydrogen (secondary N) is 2. The highest BCUT2D eigenvalue weighted by Crippen LogP contribution is 2.40. The summed E-state index contributed by atoms with van der Waals surface area (Å²) in [7, 11) is 1.57. The standard InChI is InChI=1S/C28H25Cl2N5O2S/c1-37-24-10-3-2-7-20(24)32-25(36)13-16-35-27(26(33-28(35)38)21-8-4-5-14-31-21)23-9-6-15-34(23)22-12-11-18(29)17-19(22)30/h2-12,14-15,17,26-27H,13,16H2,1H3,(H,32,36)(H,33,38)/t26-,27+/m0/s1. The molecule has 3 heterocycles. The van der Waals surface area contributed by atoms with Gasteiger partial charge in [-0.2, -0.15) is 0 Å². The van der Waals surface area contributed by atoms with E-state index in [9.17, 15) is 4.79 Å². The first-order valence-corrected chi connectivity index (χ1v) is 13.2. The van der Waals surface area contributed by atoms with Crippen molar-refractivity contribution in [2.75, 3.05) is 19.0 Å². The minimum Gasteiger partial charge on any atom is -0.495 e. The predicted octanol–water partition coefficient (Wildman–Crippen LogP) is 6.19. The number of nitrogens with zero attached hydrogens (tertiary/aromatic N) is 3. The number of para-hydroxylation sites is 2. The highest BCUT2D eigenvalue weighted by molar-refractivity contribution is 7.80. The maximum Gasteiger partial charge on any atom is 0.226 e. The molecule has 4 aromatic rings.